The van der Waals surface area contributed by atoms with E-state index in [4.69, 9.17) is 0 Å². The minimum atomic E-state index is 0.0400. The lowest BCUT2D eigenvalue weighted by Gasteiger charge is -2.28. The van der Waals surface area contributed by atoms with E-state index in [0.717, 1.165) is 11.5 Å². The van der Waals surface area contributed by atoms with E-state index < -0.39 is 0 Å². The van der Waals surface area contributed by atoms with Crippen LogP contribution in [0.25, 0.3) is 0 Å². The number of amides is 1. The number of nitrogens with zero attached hydrogens (tertiary/aromatic N) is 2. The van der Waals surface area contributed by atoms with Crippen LogP contribution in [-0.2, 0) is 0 Å². The van der Waals surface area contributed by atoms with Crippen molar-refractivity contribution in [1.29, 1.82) is 0 Å². The van der Waals surface area contributed by atoms with Crippen molar-refractivity contribution in [2.24, 2.45) is 5.92 Å². The Kier molecular flexibility index (Phi) is 4.70. The first-order chi connectivity index (χ1) is 8.36. The van der Waals surface area contributed by atoms with E-state index in [9.17, 15) is 4.79 Å². The lowest BCUT2D eigenvalue weighted by Crippen LogP contribution is -2.38. The molecule has 1 amide bonds. The van der Waals surface area contributed by atoms with Gasteiger partial charge in [-0.15, -0.1) is 0 Å². The van der Waals surface area contributed by atoms with Gasteiger partial charge < -0.3 is 10.2 Å². The molecule has 1 unspecified atom stereocenters. The summed E-state index contributed by atoms with van der Waals surface area (Å²) in [5.41, 5.74) is 1.53. The average Bonchev–Trinajstić information content (AvgIpc) is 2.34. The maximum absolute atomic E-state index is 12.4. The van der Waals surface area contributed by atoms with Gasteiger partial charge in [0, 0.05) is 31.4 Å². The molecule has 4 heteroatoms. The summed E-state index contributed by atoms with van der Waals surface area (Å²) >= 11 is 0. The molecule has 0 aliphatic heterocycles. The molecule has 0 aliphatic carbocycles. The van der Waals surface area contributed by atoms with Crippen molar-refractivity contribution in [2.75, 3.05) is 19.4 Å². The van der Waals surface area contributed by atoms with Gasteiger partial charge in [-0.1, -0.05) is 13.8 Å². The van der Waals surface area contributed by atoms with Crippen LogP contribution in [0.15, 0.2) is 12.1 Å². The van der Waals surface area contributed by atoms with Gasteiger partial charge in [0.05, 0.1) is 0 Å². The summed E-state index contributed by atoms with van der Waals surface area (Å²) in [5.74, 6) is 1.20. The Hall–Kier alpha value is -1.58. The molecule has 1 heterocycles. The summed E-state index contributed by atoms with van der Waals surface area (Å²) in [7, 11) is 3.65. The van der Waals surface area contributed by atoms with Crippen molar-refractivity contribution in [3.05, 3.63) is 23.4 Å². The van der Waals surface area contributed by atoms with Gasteiger partial charge in [0.25, 0.3) is 5.91 Å². The quantitative estimate of drug-likeness (QED) is 0.892. The standard InChI is InChI=1S/C14H23N3O/c1-9(2)11(4)17(6)14(18)12-7-10(3)16-13(8-12)15-5/h7-9,11H,1-6H3,(H,15,16). The lowest BCUT2D eigenvalue weighted by atomic mass is 10.0. The summed E-state index contributed by atoms with van der Waals surface area (Å²) < 4.78 is 0. The molecule has 0 aromatic carbocycles. The number of aromatic nitrogens is 1. The minimum absolute atomic E-state index is 0.0400. The lowest BCUT2D eigenvalue weighted by molar-refractivity contribution is 0.0707. The van der Waals surface area contributed by atoms with Crippen molar-refractivity contribution in [1.82, 2.24) is 9.88 Å². The highest BCUT2D eigenvalue weighted by Crippen LogP contribution is 2.15. The van der Waals surface area contributed by atoms with Gasteiger partial charge in [0.1, 0.15) is 5.82 Å². The van der Waals surface area contributed by atoms with Crippen LogP contribution >= 0.6 is 0 Å². The third kappa shape index (κ3) is 3.22. The van der Waals surface area contributed by atoms with E-state index in [0.29, 0.717) is 11.5 Å². The van der Waals surface area contributed by atoms with Crippen LogP contribution < -0.4 is 5.32 Å². The molecule has 1 atom stereocenters. The molecule has 1 N–H and O–H groups in total. The Balaban J connectivity index is 3.00. The van der Waals surface area contributed by atoms with Crippen molar-refractivity contribution in [2.45, 2.75) is 33.7 Å². The van der Waals surface area contributed by atoms with E-state index in [1.54, 1.807) is 18.0 Å². The summed E-state index contributed by atoms with van der Waals surface area (Å²) in [4.78, 5) is 18.5. The van der Waals surface area contributed by atoms with Crippen molar-refractivity contribution < 1.29 is 4.79 Å². The van der Waals surface area contributed by atoms with Crippen LogP contribution in [0.1, 0.15) is 36.8 Å². The highest BCUT2D eigenvalue weighted by molar-refractivity contribution is 5.95. The van der Waals surface area contributed by atoms with Gasteiger partial charge in [-0.05, 0) is 31.9 Å². The van der Waals surface area contributed by atoms with E-state index >= 15 is 0 Å². The summed E-state index contributed by atoms with van der Waals surface area (Å²) in [5, 5.41) is 2.97. The third-order valence-corrected chi connectivity index (χ3v) is 3.35. The molecule has 4 nitrogen and oxygen atoms in total. The number of nitrogens with one attached hydrogen (secondary N) is 1. The molecule has 100 valence electrons. The predicted octanol–water partition coefficient (Wildman–Crippen LogP) is 2.55. The van der Waals surface area contributed by atoms with Gasteiger partial charge >= 0.3 is 0 Å². The topological polar surface area (TPSA) is 45.2 Å². The second-order valence-electron chi connectivity index (χ2n) is 5.03. The SMILES string of the molecule is CNc1cc(C(=O)N(C)C(C)C(C)C)cc(C)n1. The maximum Gasteiger partial charge on any atom is 0.254 e. The first-order valence-corrected chi connectivity index (χ1v) is 6.30. The largest absolute Gasteiger partial charge is 0.373 e. The normalized spacial score (nSPS) is 12.4. The van der Waals surface area contributed by atoms with Gasteiger partial charge in [-0.3, -0.25) is 4.79 Å². The zero-order chi connectivity index (χ0) is 13.9. The zero-order valence-corrected chi connectivity index (χ0v) is 12.1. The van der Waals surface area contributed by atoms with Gasteiger partial charge in [0.2, 0.25) is 0 Å². The number of rotatable bonds is 4. The molecule has 1 aromatic heterocycles. The molecular formula is C14H23N3O. The first kappa shape index (κ1) is 14.5. The molecule has 0 spiro atoms. The van der Waals surface area contributed by atoms with Crippen LogP contribution in [0, 0.1) is 12.8 Å². The predicted molar refractivity (Wildman–Crippen MR) is 74.9 cm³/mol. The van der Waals surface area contributed by atoms with Crippen LogP contribution in [0.2, 0.25) is 0 Å². The molecule has 0 saturated carbocycles. The van der Waals surface area contributed by atoms with Crippen molar-refractivity contribution >= 4 is 11.7 Å². The number of anilines is 1. The monoisotopic (exact) mass is 249 g/mol. The molecule has 0 radical (unpaired) electrons. The van der Waals surface area contributed by atoms with Gasteiger partial charge in [-0.25, -0.2) is 4.98 Å². The van der Waals surface area contributed by atoms with Gasteiger partial charge in [-0.2, -0.15) is 0 Å². The second kappa shape index (κ2) is 5.85. The highest BCUT2D eigenvalue weighted by Gasteiger charge is 2.20. The van der Waals surface area contributed by atoms with E-state index in [1.165, 1.54) is 0 Å². The smallest absolute Gasteiger partial charge is 0.254 e. The van der Waals surface area contributed by atoms with Crippen LogP contribution in [0.3, 0.4) is 0 Å². The summed E-state index contributed by atoms with van der Waals surface area (Å²) in [6.07, 6.45) is 0. The average molecular weight is 249 g/mol. The van der Waals surface area contributed by atoms with E-state index in [2.05, 4.69) is 31.1 Å². The zero-order valence-electron chi connectivity index (χ0n) is 12.1. The molecule has 0 aliphatic rings. The maximum atomic E-state index is 12.4. The molecule has 18 heavy (non-hydrogen) atoms. The number of aryl methyl sites for hydroxylation is 1. The number of carbonyl (C=O) groups excluding carboxylic acids is 1. The number of carbonyl (C=O) groups is 1. The van der Waals surface area contributed by atoms with Crippen molar-refractivity contribution in [3.63, 3.8) is 0 Å². The highest BCUT2D eigenvalue weighted by atomic mass is 16.2. The summed E-state index contributed by atoms with van der Waals surface area (Å²) in [6.45, 7) is 8.19. The van der Waals surface area contributed by atoms with Crippen LogP contribution in [-0.4, -0.2) is 35.9 Å². The van der Waals surface area contributed by atoms with Crippen LogP contribution in [0.5, 0.6) is 0 Å². The molecule has 0 saturated heterocycles. The Labute approximate surface area is 109 Å². The first-order valence-electron chi connectivity index (χ1n) is 6.30. The fourth-order valence-corrected chi connectivity index (χ4v) is 1.76. The molecule has 1 aromatic rings. The molecule has 1 rings (SSSR count). The third-order valence-electron chi connectivity index (χ3n) is 3.35. The Morgan fingerprint density at radius 1 is 1.33 bits per heavy atom. The van der Waals surface area contributed by atoms with E-state index in [-0.39, 0.29) is 11.9 Å². The Bertz CT molecular complexity index is 429. The number of pyridine rings is 1. The fourth-order valence-electron chi connectivity index (χ4n) is 1.76. The molecular weight excluding hydrogens is 226 g/mol. The minimum Gasteiger partial charge on any atom is -0.373 e. The number of hydrogen-bond acceptors (Lipinski definition) is 3. The second-order valence-corrected chi connectivity index (χ2v) is 5.03. The number of hydrogen-bond donors (Lipinski definition) is 1. The van der Waals surface area contributed by atoms with Crippen LogP contribution in [0.4, 0.5) is 5.82 Å². The summed E-state index contributed by atoms with van der Waals surface area (Å²) in [6, 6.07) is 3.83. The molecule has 0 fully saturated rings. The molecule has 0 bridgehead atoms. The Morgan fingerprint density at radius 3 is 2.44 bits per heavy atom. The van der Waals surface area contributed by atoms with Gasteiger partial charge in [0.15, 0.2) is 0 Å². The van der Waals surface area contributed by atoms with Crippen molar-refractivity contribution in [3.8, 4) is 0 Å². The fraction of sp³-hybridized carbons (Fsp3) is 0.571. The van der Waals surface area contributed by atoms with E-state index in [1.807, 2.05) is 20.0 Å². The Morgan fingerprint density at radius 2 is 1.94 bits per heavy atom.